The molecule has 0 aromatic rings. The van der Waals surface area contributed by atoms with Gasteiger partial charge in [-0.2, -0.15) is 0 Å². The zero-order valence-corrected chi connectivity index (χ0v) is 13.7. The van der Waals surface area contributed by atoms with Crippen LogP contribution in [0.5, 0.6) is 0 Å². The van der Waals surface area contributed by atoms with Crippen molar-refractivity contribution in [1.82, 2.24) is 0 Å². The maximum Gasteiger partial charge on any atom is 0.155 e. The van der Waals surface area contributed by atoms with Gasteiger partial charge in [0.25, 0.3) is 0 Å². The average molecular weight is 304 g/mol. The minimum absolute atomic E-state index is 0.00971. The van der Waals surface area contributed by atoms with E-state index in [4.69, 9.17) is 0 Å². The molecule has 122 valence electrons. The van der Waals surface area contributed by atoms with Crippen LogP contribution in [0, 0.1) is 28.6 Å². The van der Waals surface area contributed by atoms with Gasteiger partial charge in [0.2, 0.25) is 0 Å². The summed E-state index contributed by atoms with van der Waals surface area (Å²) in [6, 6.07) is 0. The van der Waals surface area contributed by atoms with Gasteiger partial charge in [-0.05, 0) is 73.2 Å². The first kappa shape index (κ1) is 14.9. The molecule has 7 atom stereocenters. The summed E-state index contributed by atoms with van der Waals surface area (Å²) >= 11 is 0. The lowest BCUT2D eigenvalue weighted by Crippen LogP contribution is -2.55. The predicted molar refractivity (Wildman–Crippen MR) is 84.1 cm³/mol. The molecule has 4 aliphatic carbocycles. The Kier molecular flexibility index (Phi) is 3.16. The summed E-state index contributed by atoms with van der Waals surface area (Å²) < 4.78 is 0. The first-order chi connectivity index (χ1) is 10.4. The summed E-state index contributed by atoms with van der Waals surface area (Å²) in [5, 5.41) is 21.3. The van der Waals surface area contributed by atoms with Crippen molar-refractivity contribution in [2.24, 2.45) is 28.6 Å². The molecule has 0 heterocycles. The van der Waals surface area contributed by atoms with Gasteiger partial charge in [0, 0.05) is 6.42 Å². The Bertz CT molecular complexity index is 539. The van der Waals surface area contributed by atoms with Crippen LogP contribution < -0.4 is 0 Å². The molecular formula is C19H28O3. The normalized spacial score (nSPS) is 54.3. The quantitative estimate of drug-likeness (QED) is 0.723. The molecule has 0 spiro atoms. The summed E-state index contributed by atoms with van der Waals surface area (Å²) in [6.45, 7) is 4.55. The van der Waals surface area contributed by atoms with E-state index in [2.05, 4.69) is 13.8 Å². The molecule has 0 aliphatic heterocycles. The molecular weight excluding hydrogens is 276 g/mol. The fraction of sp³-hybridized carbons (Fsp3) is 0.842. The highest BCUT2D eigenvalue weighted by atomic mass is 16.3. The van der Waals surface area contributed by atoms with E-state index in [1.807, 2.05) is 6.08 Å². The molecule has 4 rings (SSSR count). The van der Waals surface area contributed by atoms with E-state index in [1.54, 1.807) is 0 Å². The largest absolute Gasteiger partial charge is 0.393 e. The number of rotatable bonds is 0. The first-order valence-corrected chi connectivity index (χ1v) is 8.96. The van der Waals surface area contributed by atoms with E-state index in [-0.39, 0.29) is 28.8 Å². The van der Waals surface area contributed by atoms with E-state index in [0.717, 1.165) is 32.1 Å². The van der Waals surface area contributed by atoms with Crippen molar-refractivity contribution in [3.05, 3.63) is 11.6 Å². The third kappa shape index (κ3) is 1.78. The second-order valence-electron chi connectivity index (χ2n) is 8.75. The Morgan fingerprint density at radius 1 is 1.09 bits per heavy atom. The molecule has 3 fully saturated rings. The number of carbonyl (C=O) groups excluding carboxylic acids is 1. The lowest BCUT2D eigenvalue weighted by molar-refractivity contribution is -0.127. The average Bonchev–Trinajstić information content (AvgIpc) is 2.77. The molecule has 4 aliphatic rings. The number of hydrogen-bond acceptors (Lipinski definition) is 3. The molecule has 0 amide bonds. The summed E-state index contributed by atoms with van der Waals surface area (Å²) in [5.41, 5.74) is 1.27. The number of aliphatic hydroxyl groups is 2. The number of hydrogen-bond donors (Lipinski definition) is 2. The molecule has 0 unspecified atom stereocenters. The highest BCUT2D eigenvalue weighted by Crippen LogP contribution is 2.65. The molecule has 0 bridgehead atoms. The lowest BCUT2D eigenvalue weighted by Gasteiger charge is -2.59. The highest BCUT2D eigenvalue weighted by Gasteiger charge is 2.61. The second-order valence-corrected chi connectivity index (χ2v) is 8.75. The Morgan fingerprint density at radius 3 is 2.64 bits per heavy atom. The Hall–Kier alpha value is -0.670. The van der Waals surface area contributed by atoms with Gasteiger partial charge in [-0.3, -0.25) is 4.79 Å². The van der Waals surface area contributed by atoms with E-state index < -0.39 is 0 Å². The SMILES string of the molecule is C[C@]12CC[C@H]3[C@H]([C@H]1CC[C@H]2O)[C@@H](O)CC1=CC(=O)CC[C@@]13C. The highest BCUT2D eigenvalue weighted by molar-refractivity contribution is 5.91. The molecule has 22 heavy (non-hydrogen) atoms. The van der Waals surface area contributed by atoms with Gasteiger partial charge < -0.3 is 10.2 Å². The fourth-order valence-corrected chi connectivity index (χ4v) is 6.50. The molecule has 0 radical (unpaired) electrons. The van der Waals surface area contributed by atoms with Crippen LogP contribution in [0.4, 0.5) is 0 Å². The van der Waals surface area contributed by atoms with Crippen molar-refractivity contribution in [1.29, 1.82) is 0 Å². The maximum absolute atomic E-state index is 11.8. The van der Waals surface area contributed by atoms with Crippen LogP contribution in [-0.2, 0) is 4.79 Å². The van der Waals surface area contributed by atoms with Gasteiger partial charge in [-0.25, -0.2) is 0 Å². The maximum atomic E-state index is 11.8. The van der Waals surface area contributed by atoms with E-state index in [9.17, 15) is 15.0 Å². The van der Waals surface area contributed by atoms with Crippen molar-refractivity contribution in [2.45, 2.75) is 71.0 Å². The molecule has 3 nitrogen and oxygen atoms in total. The zero-order valence-electron chi connectivity index (χ0n) is 13.7. The van der Waals surface area contributed by atoms with Gasteiger partial charge in [0.1, 0.15) is 0 Å². The standard InChI is InChI=1S/C19H28O3/c1-18-7-5-12(20)9-11(18)10-15(21)17-13-3-4-16(22)19(13,2)8-6-14(17)18/h9,13-17,21-22H,3-8,10H2,1-2H3/t13-,14+,15+,16-,17+,18+,19+/m1/s1. The summed E-state index contributed by atoms with van der Waals surface area (Å²) in [4.78, 5) is 11.8. The fourth-order valence-electron chi connectivity index (χ4n) is 6.50. The van der Waals surface area contributed by atoms with Gasteiger partial charge in [-0.1, -0.05) is 19.4 Å². The second kappa shape index (κ2) is 4.67. The van der Waals surface area contributed by atoms with Crippen molar-refractivity contribution in [3.8, 4) is 0 Å². The molecule has 3 heteroatoms. The van der Waals surface area contributed by atoms with Gasteiger partial charge in [-0.15, -0.1) is 0 Å². The topological polar surface area (TPSA) is 57.5 Å². The van der Waals surface area contributed by atoms with Gasteiger partial charge >= 0.3 is 0 Å². The van der Waals surface area contributed by atoms with Crippen molar-refractivity contribution in [2.75, 3.05) is 0 Å². The third-order valence-corrected chi connectivity index (χ3v) is 7.93. The minimum Gasteiger partial charge on any atom is -0.393 e. The predicted octanol–water partition coefficient (Wildman–Crippen LogP) is 2.85. The summed E-state index contributed by atoms with van der Waals surface area (Å²) in [7, 11) is 0. The minimum atomic E-state index is -0.342. The number of ketones is 1. The first-order valence-electron chi connectivity index (χ1n) is 8.96. The van der Waals surface area contributed by atoms with E-state index >= 15 is 0 Å². The number of fused-ring (bicyclic) bond motifs is 5. The van der Waals surface area contributed by atoms with E-state index in [0.29, 0.717) is 30.6 Å². The zero-order chi connectivity index (χ0) is 15.7. The lowest BCUT2D eigenvalue weighted by atomic mass is 9.46. The van der Waals surface area contributed by atoms with Crippen LogP contribution in [0.2, 0.25) is 0 Å². The molecule has 3 saturated carbocycles. The Morgan fingerprint density at radius 2 is 1.86 bits per heavy atom. The number of aliphatic hydroxyl groups excluding tert-OH is 2. The van der Waals surface area contributed by atoms with Gasteiger partial charge in [0.05, 0.1) is 12.2 Å². The number of carbonyl (C=O) groups is 1. The monoisotopic (exact) mass is 304 g/mol. The summed E-state index contributed by atoms with van der Waals surface area (Å²) in [5.74, 6) is 1.44. The van der Waals surface area contributed by atoms with Crippen LogP contribution in [0.15, 0.2) is 11.6 Å². The molecule has 0 aromatic heterocycles. The van der Waals surface area contributed by atoms with Gasteiger partial charge in [0.15, 0.2) is 5.78 Å². The Labute approximate surface area is 132 Å². The van der Waals surface area contributed by atoms with Crippen LogP contribution in [0.25, 0.3) is 0 Å². The van der Waals surface area contributed by atoms with Crippen LogP contribution >= 0.6 is 0 Å². The van der Waals surface area contributed by atoms with Crippen LogP contribution in [-0.4, -0.2) is 28.2 Å². The Balaban J connectivity index is 1.74. The van der Waals surface area contributed by atoms with Crippen LogP contribution in [0.3, 0.4) is 0 Å². The van der Waals surface area contributed by atoms with Crippen molar-refractivity contribution in [3.63, 3.8) is 0 Å². The third-order valence-electron chi connectivity index (χ3n) is 7.93. The smallest absolute Gasteiger partial charge is 0.155 e. The summed E-state index contributed by atoms with van der Waals surface area (Å²) in [6.07, 6.45) is 7.61. The van der Waals surface area contributed by atoms with Crippen molar-refractivity contribution >= 4 is 5.78 Å². The molecule has 0 saturated heterocycles. The van der Waals surface area contributed by atoms with E-state index in [1.165, 1.54) is 5.57 Å². The van der Waals surface area contributed by atoms with Crippen LogP contribution in [0.1, 0.15) is 58.8 Å². The molecule has 0 aromatic carbocycles. The van der Waals surface area contributed by atoms with Crippen molar-refractivity contribution < 1.29 is 15.0 Å². The molecule has 2 N–H and O–H groups in total.